The van der Waals surface area contributed by atoms with Crippen molar-refractivity contribution in [2.75, 3.05) is 13.1 Å². The Morgan fingerprint density at radius 2 is 2.19 bits per heavy atom. The van der Waals surface area contributed by atoms with Gasteiger partial charge in [-0.25, -0.2) is 0 Å². The van der Waals surface area contributed by atoms with Crippen molar-refractivity contribution in [1.82, 2.24) is 4.90 Å². The predicted octanol–water partition coefficient (Wildman–Crippen LogP) is 1.01. The molecule has 1 atom stereocenters. The Morgan fingerprint density at radius 1 is 1.38 bits per heavy atom. The first kappa shape index (κ1) is 9.60. The molecule has 0 spiro atoms. The van der Waals surface area contributed by atoms with E-state index in [1.165, 1.54) is 11.1 Å². The maximum Gasteiger partial charge on any atom is 0.245 e. The molecule has 3 rings (SSSR count). The smallest absolute Gasteiger partial charge is 0.245 e. The van der Waals surface area contributed by atoms with Crippen molar-refractivity contribution in [3.8, 4) is 0 Å². The predicted molar refractivity (Wildman–Crippen MR) is 61.7 cm³/mol. The van der Waals surface area contributed by atoms with E-state index in [9.17, 15) is 4.79 Å². The van der Waals surface area contributed by atoms with E-state index in [4.69, 9.17) is 5.73 Å². The summed E-state index contributed by atoms with van der Waals surface area (Å²) in [6.45, 7) is 1.71. The maximum absolute atomic E-state index is 11.2. The molecule has 1 aromatic rings. The van der Waals surface area contributed by atoms with Crippen LogP contribution in [0.25, 0.3) is 0 Å². The van der Waals surface area contributed by atoms with Crippen LogP contribution in [0, 0.1) is 0 Å². The molecule has 3 heteroatoms. The van der Waals surface area contributed by atoms with Crippen molar-refractivity contribution < 1.29 is 4.79 Å². The molecule has 1 unspecified atom stereocenters. The van der Waals surface area contributed by atoms with Gasteiger partial charge in [0.05, 0.1) is 6.04 Å². The number of carbonyl (C=O) groups is 1. The van der Waals surface area contributed by atoms with Gasteiger partial charge in [0.2, 0.25) is 5.91 Å². The van der Waals surface area contributed by atoms with Crippen LogP contribution >= 0.6 is 0 Å². The highest BCUT2D eigenvalue weighted by Gasteiger charge is 2.32. The largest absolute Gasteiger partial charge is 0.366 e. The van der Waals surface area contributed by atoms with Crippen LogP contribution < -0.4 is 5.73 Å². The number of nitrogens with two attached hydrogens (primary N) is 1. The lowest BCUT2D eigenvalue weighted by Crippen LogP contribution is -2.32. The molecule has 3 nitrogen and oxygen atoms in total. The maximum atomic E-state index is 11.2. The van der Waals surface area contributed by atoms with Gasteiger partial charge in [0.15, 0.2) is 0 Å². The SMILES string of the molecule is NC(=O)C1=CC2c3ccccc3CCN2C1. The van der Waals surface area contributed by atoms with Gasteiger partial charge in [-0.05, 0) is 17.5 Å². The quantitative estimate of drug-likeness (QED) is 0.758. The third kappa shape index (κ3) is 1.36. The highest BCUT2D eigenvalue weighted by atomic mass is 16.1. The monoisotopic (exact) mass is 214 g/mol. The first-order chi connectivity index (χ1) is 7.75. The second kappa shape index (κ2) is 3.46. The molecule has 1 amide bonds. The van der Waals surface area contributed by atoms with Crippen LogP contribution in [-0.4, -0.2) is 23.9 Å². The summed E-state index contributed by atoms with van der Waals surface area (Å²) < 4.78 is 0. The molecule has 2 aliphatic rings. The van der Waals surface area contributed by atoms with E-state index < -0.39 is 0 Å². The Hall–Kier alpha value is -1.61. The molecule has 82 valence electrons. The number of hydrogen-bond donors (Lipinski definition) is 1. The highest BCUT2D eigenvalue weighted by Crippen LogP contribution is 2.35. The number of amides is 1. The van der Waals surface area contributed by atoms with Crippen LogP contribution in [0.15, 0.2) is 35.9 Å². The van der Waals surface area contributed by atoms with E-state index >= 15 is 0 Å². The van der Waals surface area contributed by atoms with Crippen molar-refractivity contribution in [3.63, 3.8) is 0 Å². The minimum Gasteiger partial charge on any atom is -0.366 e. The van der Waals surface area contributed by atoms with Gasteiger partial charge in [-0.3, -0.25) is 9.69 Å². The molecule has 0 aliphatic carbocycles. The van der Waals surface area contributed by atoms with Crippen LogP contribution in [0.4, 0.5) is 0 Å². The lowest BCUT2D eigenvalue weighted by atomic mass is 9.94. The summed E-state index contributed by atoms with van der Waals surface area (Å²) >= 11 is 0. The number of benzene rings is 1. The molecular formula is C13H14N2O. The Balaban J connectivity index is 2.02. The Morgan fingerprint density at radius 3 is 3.00 bits per heavy atom. The second-order valence-electron chi connectivity index (χ2n) is 4.42. The number of hydrogen-bond acceptors (Lipinski definition) is 2. The Labute approximate surface area is 94.5 Å². The summed E-state index contributed by atoms with van der Waals surface area (Å²) in [6.07, 6.45) is 3.08. The summed E-state index contributed by atoms with van der Waals surface area (Å²) in [4.78, 5) is 13.5. The second-order valence-corrected chi connectivity index (χ2v) is 4.42. The zero-order chi connectivity index (χ0) is 11.1. The van der Waals surface area contributed by atoms with Crippen LogP contribution in [0.5, 0.6) is 0 Å². The van der Waals surface area contributed by atoms with Crippen molar-refractivity contribution >= 4 is 5.91 Å². The van der Waals surface area contributed by atoms with Gasteiger partial charge in [-0.2, -0.15) is 0 Å². The summed E-state index contributed by atoms with van der Waals surface area (Å²) in [5.74, 6) is -0.285. The standard InChI is InChI=1S/C13H14N2O/c14-13(16)10-7-12-11-4-2-1-3-9(11)5-6-15(12)8-10/h1-4,7,12H,5-6,8H2,(H2,14,16). The van der Waals surface area contributed by atoms with Crippen LogP contribution in [0.2, 0.25) is 0 Å². The molecule has 0 bridgehead atoms. The van der Waals surface area contributed by atoms with Crippen molar-refractivity contribution in [3.05, 3.63) is 47.0 Å². The Bertz CT molecular complexity index is 479. The molecule has 2 N–H and O–H groups in total. The third-order valence-electron chi connectivity index (χ3n) is 3.48. The minimum absolute atomic E-state index is 0.257. The molecular weight excluding hydrogens is 200 g/mol. The molecule has 0 saturated carbocycles. The van der Waals surface area contributed by atoms with E-state index in [-0.39, 0.29) is 11.9 Å². The average molecular weight is 214 g/mol. The normalized spacial score (nSPS) is 23.5. The number of rotatable bonds is 1. The lowest BCUT2D eigenvalue weighted by Gasteiger charge is -2.31. The van der Waals surface area contributed by atoms with Crippen LogP contribution in [0.1, 0.15) is 17.2 Å². The fraction of sp³-hybridized carbons (Fsp3) is 0.308. The van der Waals surface area contributed by atoms with Crippen LogP contribution in [-0.2, 0) is 11.2 Å². The lowest BCUT2D eigenvalue weighted by molar-refractivity contribution is -0.114. The summed E-state index contributed by atoms with van der Waals surface area (Å²) in [6, 6.07) is 8.70. The van der Waals surface area contributed by atoms with Gasteiger partial charge in [0.25, 0.3) is 0 Å². The molecule has 16 heavy (non-hydrogen) atoms. The average Bonchev–Trinajstić information content (AvgIpc) is 2.73. The molecule has 0 aromatic heterocycles. The van der Waals surface area contributed by atoms with E-state index in [1.54, 1.807) is 0 Å². The zero-order valence-electron chi connectivity index (χ0n) is 9.02. The highest BCUT2D eigenvalue weighted by molar-refractivity contribution is 5.93. The molecule has 0 saturated heterocycles. The fourth-order valence-corrected chi connectivity index (χ4v) is 2.64. The molecule has 2 aliphatic heterocycles. The first-order valence-corrected chi connectivity index (χ1v) is 5.58. The van der Waals surface area contributed by atoms with Crippen molar-refractivity contribution in [2.24, 2.45) is 5.73 Å². The first-order valence-electron chi connectivity index (χ1n) is 5.58. The van der Waals surface area contributed by atoms with Gasteiger partial charge in [-0.1, -0.05) is 30.3 Å². The van der Waals surface area contributed by atoms with Gasteiger partial charge in [0, 0.05) is 18.7 Å². The number of nitrogens with zero attached hydrogens (tertiary/aromatic N) is 1. The van der Waals surface area contributed by atoms with Gasteiger partial charge in [0.1, 0.15) is 0 Å². The van der Waals surface area contributed by atoms with E-state index in [1.807, 2.05) is 6.08 Å². The molecule has 0 radical (unpaired) electrons. The number of fused-ring (bicyclic) bond motifs is 3. The Kier molecular flexibility index (Phi) is 2.07. The van der Waals surface area contributed by atoms with Crippen LogP contribution in [0.3, 0.4) is 0 Å². The molecule has 1 aromatic carbocycles. The van der Waals surface area contributed by atoms with Gasteiger partial charge >= 0.3 is 0 Å². The number of carbonyl (C=O) groups excluding carboxylic acids is 1. The topological polar surface area (TPSA) is 46.3 Å². The van der Waals surface area contributed by atoms with Crippen molar-refractivity contribution in [1.29, 1.82) is 0 Å². The summed E-state index contributed by atoms with van der Waals surface area (Å²) in [5, 5.41) is 0. The summed E-state index contributed by atoms with van der Waals surface area (Å²) in [7, 11) is 0. The van der Waals surface area contributed by atoms with E-state index in [0.717, 1.165) is 18.5 Å². The molecule has 0 fully saturated rings. The van der Waals surface area contributed by atoms with Gasteiger partial charge in [-0.15, -0.1) is 0 Å². The number of primary amides is 1. The fourth-order valence-electron chi connectivity index (χ4n) is 2.64. The minimum atomic E-state index is -0.285. The van der Waals surface area contributed by atoms with Gasteiger partial charge < -0.3 is 5.73 Å². The zero-order valence-corrected chi connectivity index (χ0v) is 9.02. The van der Waals surface area contributed by atoms with E-state index in [0.29, 0.717) is 6.54 Å². The summed E-state index contributed by atoms with van der Waals surface area (Å²) in [5.41, 5.74) is 8.81. The third-order valence-corrected chi connectivity index (χ3v) is 3.48. The molecule has 2 heterocycles. The van der Waals surface area contributed by atoms with E-state index in [2.05, 4.69) is 29.2 Å². The van der Waals surface area contributed by atoms with Crippen molar-refractivity contribution in [2.45, 2.75) is 12.5 Å².